The molecule has 0 bridgehead atoms. The van der Waals surface area contributed by atoms with Crippen molar-refractivity contribution in [3.8, 4) is 0 Å². The first-order chi connectivity index (χ1) is 18.3. The van der Waals surface area contributed by atoms with Crippen LogP contribution in [-0.2, 0) is 19.6 Å². The van der Waals surface area contributed by atoms with Gasteiger partial charge in [-0.3, -0.25) is 14.4 Å². The second kappa shape index (κ2) is 12.2. The van der Waals surface area contributed by atoms with Crippen LogP contribution in [0.4, 0.5) is 0 Å². The normalized spacial score (nSPS) is 17.5. The quantitative estimate of drug-likeness (QED) is 0.428. The number of sulfonamides is 1. The van der Waals surface area contributed by atoms with Crippen molar-refractivity contribution in [3.63, 3.8) is 0 Å². The van der Waals surface area contributed by atoms with Crippen molar-refractivity contribution < 1.29 is 22.8 Å². The molecule has 4 rings (SSSR count). The standard InChI is InChI=1S/C27H31N5O5S/c1-2-3-10-22(31-27(35)23-15-14-19-9-4-5-11-20(19)29-23)26(34)30-21-12-8-17-32(18-24(21)33)38(36,37)25-13-6-7-16-28-25/h4-7,9,11,13-16,21-22H,2-3,8,10,12,17-18H2,1H3,(H,30,34)(H,31,35)/t21-,22?/m0/s1. The Morgan fingerprint density at radius 3 is 2.66 bits per heavy atom. The maximum absolute atomic E-state index is 13.2. The summed E-state index contributed by atoms with van der Waals surface area (Å²) < 4.78 is 27.0. The molecule has 0 radical (unpaired) electrons. The molecule has 1 aliphatic rings. The molecule has 1 fully saturated rings. The highest BCUT2D eigenvalue weighted by molar-refractivity contribution is 7.89. The van der Waals surface area contributed by atoms with Crippen LogP contribution in [0, 0.1) is 0 Å². The summed E-state index contributed by atoms with van der Waals surface area (Å²) in [5.74, 6) is -1.37. The number of hydrogen-bond donors (Lipinski definition) is 2. The van der Waals surface area contributed by atoms with Crippen LogP contribution in [0.3, 0.4) is 0 Å². The van der Waals surface area contributed by atoms with Gasteiger partial charge in [0.1, 0.15) is 11.7 Å². The van der Waals surface area contributed by atoms with Crippen LogP contribution in [0.25, 0.3) is 10.9 Å². The zero-order valence-electron chi connectivity index (χ0n) is 21.2. The number of carbonyl (C=O) groups is 3. The van der Waals surface area contributed by atoms with Gasteiger partial charge >= 0.3 is 0 Å². The Morgan fingerprint density at radius 2 is 1.89 bits per heavy atom. The van der Waals surface area contributed by atoms with Gasteiger partial charge in [-0.1, -0.05) is 50.1 Å². The molecule has 1 saturated heterocycles. The predicted octanol–water partition coefficient (Wildman–Crippen LogP) is 2.46. The van der Waals surface area contributed by atoms with Crippen molar-refractivity contribution in [1.29, 1.82) is 0 Å². The van der Waals surface area contributed by atoms with E-state index in [0.717, 1.165) is 16.1 Å². The first kappa shape index (κ1) is 27.3. The first-order valence-electron chi connectivity index (χ1n) is 12.7. The van der Waals surface area contributed by atoms with Crippen molar-refractivity contribution in [3.05, 3.63) is 66.5 Å². The molecule has 10 nitrogen and oxygen atoms in total. The number of fused-ring (bicyclic) bond motifs is 1. The summed E-state index contributed by atoms with van der Waals surface area (Å²) in [6, 6.07) is 13.7. The van der Waals surface area contributed by atoms with E-state index >= 15 is 0 Å². The van der Waals surface area contributed by atoms with Gasteiger partial charge in [-0.25, -0.2) is 18.4 Å². The Morgan fingerprint density at radius 1 is 1.11 bits per heavy atom. The number of nitrogens with one attached hydrogen (secondary N) is 2. The van der Waals surface area contributed by atoms with Crippen LogP contribution < -0.4 is 10.6 Å². The van der Waals surface area contributed by atoms with Gasteiger partial charge in [0.15, 0.2) is 10.8 Å². The molecule has 0 saturated carbocycles. The summed E-state index contributed by atoms with van der Waals surface area (Å²) in [5, 5.41) is 6.30. The average Bonchev–Trinajstić information content (AvgIpc) is 3.12. The van der Waals surface area contributed by atoms with E-state index < -0.39 is 39.7 Å². The number of carbonyl (C=O) groups excluding carboxylic acids is 3. The molecule has 1 unspecified atom stereocenters. The van der Waals surface area contributed by atoms with E-state index in [9.17, 15) is 22.8 Å². The number of pyridine rings is 2. The lowest BCUT2D eigenvalue weighted by molar-refractivity contribution is -0.128. The molecule has 0 spiro atoms. The zero-order chi connectivity index (χ0) is 27.1. The largest absolute Gasteiger partial charge is 0.344 e. The Balaban J connectivity index is 1.43. The number of ketones is 1. The zero-order valence-corrected chi connectivity index (χ0v) is 22.0. The minimum absolute atomic E-state index is 0.125. The monoisotopic (exact) mass is 537 g/mol. The second-order valence-corrected chi connectivity index (χ2v) is 11.1. The number of Topliss-reactive ketones (excluding diaryl/α,β-unsaturated/α-hetero) is 1. The molecule has 2 N–H and O–H groups in total. The third kappa shape index (κ3) is 6.40. The van der Waals surface area contributed by atoms with Crippen LogP contribution in [0.5, 0.6) is 0 Å². The van der Waals surface area contributed by atoms with Crippen molar-refractivity contribution in [2.75, 3.05) is 13.1 Å². The van der Waals surface area contributed by atoms with Crippen molar-refractivity contribution >= 4 is 38.5 Å². The third-order valence-electron chi connectivity index (χ3n) is 6.48. The van der Waals surface area contributed by atoms with Crippen molar-refractivity contribution in [1.82, 2.24) is 24.9 Å². The fourth-order valence-corrected chi connectivity index (χ4v) is 5.74. The van der Waals surface area contributed by atoms with Gasteiger partial charge in [-0.05, 0) is 43.5 Å². The van der Waals surface area contributed by atoms with Crippen molar-refractivity contribution in [2.45, 2.75) is 56.1 Å². The molecule has 200 valence electrons. The number of unbranched alkanes of at least 4 members (excludes halogenated alkanes) is 1. The molecule has 38 heavy (non-hydrogen) atoms. The lowest BCUT2D eigenvalue weighted by atomic mass is 10.1. The molecule has 11 heteroatoms. The van der Waals surface area contributed by atoms with Gasteiger partial charge in [-0.15, -0.1) is 0 Å². The van der Waals surface area contributed by atoms with Gasteiger partial charge in [-0.2, -0.15) is 4.31 Å². The lowest BCUT2D eigenvalue weighted by Crippen LogP contribution is -2.52. The summed E-state index contributed by atoms with van der Waals surface area (Å²) in [7, 11) is -3.94. The van der Waals surface area contributed by atoms with E-state index in [1.165, 1.54) is 12.3 Å². The fraction of sp³-hybridized carbons (Fsp3) is 0.370. The maximum atomic E-state index is 13.2. The molecule has 2 amide bonds. The predicted molar refractivity (Wildman–Crippen MR) is 142 cm³/mol. The number of rotatable bonds is 9. The summed E-state index contributed by atoms with van der Waals surface area (Å²) in [6.07, 6.45) is 3.96. The van der Waals surface area contributed by atoms with Gasteiger partial charge < -0.3 is 10.6 Å². The van der Waals surface area contributed by atoms with Crippen molar-refractivity contribution in [2.24, 2.45) is 0 Å². The topological polar surface area (TPSA) is 138 Å². The number of aromatic nitrogens is 2. The molecule has 2 atom stereocenters. The van der Waals surface area contributed by atoms with E-state index in [-0.39, 0.29) is 23.8 Å². The Bertz CT molecular complexity index is 1410. The molecule has 1 aromatic carbocycles. The lowest BCUT2D eigenvalue weighted by Gasteiger charge is -2.22. The summed E-state index contributed by atoms with van der Waals surface area (Å²) in [5.41, 5.74) is 0.864. The summed E-state index contributed by atoms with van der Waals surface area (Å²) in [6.45, 7) is 1.75. The number of nitrogens with zero attached hydrogens (tertiary/aromatic N) is 3. The molecule has 3 heterocycles. The Hall–Kier alpha value is -3.70. The average molecular weight is 538 g/mol. The number of benzene rings is 1. The summed E-state index contributed by atoms with van der Waals surface area (Å²) in [4.78, 5) is 47.5. The Labute approximate surface area is 221 Å². The van der Waals surface area contributed by atoms with Gasteiger partial charge in [0.25, 0.3) is 15.9 Å². The minimum atomic E-state index is -3.94. The van der Waals surface area contributed by atoms with Gasteiger partial charge in [0.2, 0.25) is 5.91 Å². The van der Waals surface area contributed by atoms with Crippen LogP contribution in [0.1, 0.15) is 49.5 Å². The first-order valence-corrected chi connectivity index (χ1v) is 14.1. The van der Waals surface area contributed by atoms with Crippen LogP contribution in [0.15, 0.2) is 65.8 Å². The van der Waals surface area contributed by atoms with Crippen LogP contribution >= 0.6 is 0 Å². The van der Waals surface area contributed by atoms with E-state index in [0.29, 0.717) is 31.2 Å². The van der Waals surface area contributed by atoms with Gasteiger partial charge in [0, 0.05) is 18.1 Å². The van der Waals surface area contributed by atoms with E-state index in [2.05, 4.69) is 20.6 Å². The molecule has 3 aromatic rings. The molecule has 0 aliphatic carbocycles. The highest BCUT2D eigenvalue weighted by Gasteiger charge is 2.34. The van der Waals surface area contributed by atoms with E-state index in [1.54, 1.807) is 24.3 Å². The number of para-hydroxylation sites is 1. The van der Waals surface area contributed by atoms with E-state index in [1.807, 2.05) is 31.2 Å². The molecular formula is C27H31N5O5S. The second-order valence-electron chi connectivity index (χ2n) is 9.23. The van der Waals surface area contributed by atoms with Crippen LogP contribution in [-0.4, -0.2) is 65.5 Å². The van der Waals surface area contributed by atoms with Gasteiger partial charge in [0.05, 0.1) is 18.1 Å². The minimum Gasteiger partial charge on any atom is -0.344 e. The highest BCUT2D eigenvalue weighted by atomic mass is 32.2. The third-order valence-corrected chi connectivity index (χ3v) is 8.24. The molecule has 2 aromatic heterocycles. The van der Waals surface area contributed by atoms with Crippen LogP contribution in [0.2, 0.25) is 0 Å². The fourth-order valence-electron chi connectivity index (χ4n) is 4.36. The highest BCUT2D eigenvalue weighted by Crippen LogP contribution is 2.18. The summed E-state index contributed by atoms with van der Waals surface area (Å²) >= 11 is 0. The molecule has 1 aliphatic heterocycles. The van der Waals surface area contributed by atoms with E-state index in [4.69, 9.17) is 0 Å². The molecular weight excluding hydrogens is 506 g/mol. The Kier molecular flexibility index (Phi) is 8.80. The maximum Gasteiger partial charge on any atom is 0.270 e. The SMILES string of the molecule is CCCCC(NC(=O)c1ccc2ccccc2n1)C(=O)N[C@H]1CCCN(S(=O)(=O)c2ccccn2)CC1=O. The number of hydrogen-bond acceptors (Lipinski definition) is 7. The smallest absolute Gasteiger partial charge is 0.270 e. The number of amides is 2.